The third-order valence-electron chi connectivity index (χ3n) is 8.54. The van der Waals surface area contributed by atoms with Gasteiger partial charge in [0.05, 0.1) is 61.2 Å². The van der Waals surface area contributed by atoms with Crippen LogP contribution in [0.25, 0.3) is 22.3 Å². The van der Waals surface area contributed by atoms with Gasteiger partial charge in [-0.1, -0.05) is 86.6 Å². The number of fused-ring (bicyclic) bond motifs is 6. The number of esters is 2. The topological polar surface area (TPSA) is 124 Å². The van der Waals surface area contributed by atoms with Gasteiger partial charge in [-0.05, 0) is 35.4 Å². The van der Waals surface area contributed by atoms with Crippen molar-refractivity contribution in [3.8, 4) is 33.8 Å². The zero-order chi connectivity index (χ0) is 35.1. The lowest BCUT2D eigenvalue weighted by molar-refractivity contribution is -0.150. The molecule has 50 heavy (non-hydrogen) atoms. The van der Waals surface area contributed by atoms with Gasteiger partial charge >= 0.3 is 11.9 Å². The second kappa shape index (κ2) is 15.8. The molecule has 4 aromatic carbocycles. The Kier molecular flexibility index (Phi) is 11.2. The van der Waals surface area contributed by atoms with E-state index >= 15 is 0 Å². The van der Waals surface area contributed by atoms with E-state index in [1.165, 1.54) is 0 Å². The molecule has 0 bridgehead atoms. The molecule has 2 aliphatic rings. The van der Waals surface area contributed by atoms with Crippen LogP contribution in [0.5, 0.6) is 11.5 Å². The van der Waals surface area contributed by atoms with Crippen LogP contribution in [0.4, 0.5) is 0 Å². The lowest BCUT2D eigenvalue weighted by Crippen LogP contribution is -2.27. The molecule has 2 heterocycles. The zero-order valence-corrected chi connectivity index (χ0v) is 29.8. The first kappa shape index (κ1) is 35.6. The Morgan fingerprint density at radius 3 is 1.28 bits per heavy atom. The van der Waals surface area contributed by atoms with E-state index in [0.717, 1.165) is 22.3 Å². The lowest BCUT2D eigenvalue weighted by atomic mass is 10.0. The molecule has 0 fully saturated rings. The summed E-state index contributed by atoms with van der Waals surface area (Å²) in [5.41, 5.74) is 3.45. The van der Waals surface area contributed by atoms with Gasteiger partial charge in [0.15, 0.2) is 0 Å². The number of hydrogen-bond acceptors (Lipinski definition) is 10. The lowest BCUT2D eigenvalue weighted by Gasteiger charge is -2.29. The van der Waals surface area contributed by atoms with Crippen molar-refractivity contribution in [2.24, 2.45) is 11.8 Å². The fraction of sp³-hybridized carbons (Fsp3) is 0.316. The molecule has 0 spiro atoms. The van der Waals surface area contributed by atoms with Crippen LogP contribution in [-0.2, 0) is 37.7 Å². The number of rotatable bonds is 15. The number of ether oxygens (including phenoxy) is 4. The molecule has 4 aromatic rings. The van der Waals surface area contributed by atoms with Gasteiger partial charge in [-0.2, -0.15) is 0 Å². The molecule has 0 aromatic heterocycles. The van der Waals surface area contributed by atoms with Crippen molar-refractivity contribution in [1.29, 1.82) is 0 Å². The Labute approximate surface area is 291 Å². The molecule has 262 valence electrons. The summed E-state index contributed by atoms with van der Waals surface area (Å²) in [6, 6.07) is 29.7. The van der Waals surface area contributed by atoms with Crippen molar-refractivity contribution < 1.29 is 46.7 Å². The van der Waals surface area contributed by atoms with Gasteiger partial charge in [0.1, 0.15) is 24.7 Å². The number of carbonyl (C=O) groups is 2. The third kappa shape index (κ3) is 7.90. The molecule has 2 aliphatic heterocycles. The Morgan fingerprint density at radius 1 is 0.520 bits per heavy atom. The summed E-state index contributed by atoms with van der Waals surface area (Å²) in [5, 5.41) is 1.21. The van der Waals surface area contributed by atoms with Gasteiger partial charge in [0, 0.05) is 11.1 Å². The van der Waals surface area contributed by atoms with E-state index in [4.69, 9.17) is 28.0 Å². The average Bonchev–Trinajstić information content (AvgIpc) is 3.12. The number of benzene rings is 4. The fourth-order valence-electron chi connectivity index (χ4n) is 6.10. The minimum atomic E-state index is -3.35. The van der Waals surface area contributed by atoms with Crippen molar-refractivity contribution in [2.45, 2.75) is 13.8 Å². The van der Waals surface area contributed by atoms with E-state index in [-0.39, 0.29) is 52.0 Å². The second-order valence-corrected chi connectivity index (χ2v) is 17.0. The molecule has 4 atom stereocenters. The number of hydrogen-bond donors (Lipinski definition) is 0. The molecule has 0 radical (unpaired) electrons. The minimum Gasteiger partial charge on any atom is -0.463 e. The number of carbonyl (C=O) groups excluding carboxylic acids is 2. The van der Waals surface area contributed by atoms with Crippen LogP contribution < -0.4 is 19.7 Å². The molecule has 4 unspecified atom stereocenters. The summed E-state index contributed by atoms with van der Waals surface area (Å²) in [5.74, 6) is -1.19. The minimum absolute atomic E-state index is 0.0187. The van der Waals surface area contributed by atoms with Crippen LogP contribution in [0.2, 0.25) is 0 Å². The normalized spacial score (nSPS) is 19.6. The Morgan fingerprint density at radius 2 is 0.860 bits per heavy atom. The van der Waals surface area contributed by atoms with Gasteiger partial charge in [-0.3, -0.25) is 18.7 Å². The van der Waals surface area contributed by atoms with E-state index < -0.39 is 38.5 Å². The first-order chi connectivity index (χ1) is 24.2. The van der Waals surface area contributed by atoms with E-state index in [2.05, 4.69) is 0 Å². The van der Waals surface area contributed by atoms with E-state index in [1.807, 2.05) is 72.8 Å². The average molecular weight is 719 g/mol. The first-order valence-corrected chi connectivity index (χ1v) is 20.2. The second-order valence-electron chi connectivity index (χ2n) is 12.3. The van der Waals surface area contributed by atoms with Crippen molar-refractivity contribution in [3.63, 3.8) is 0 Å². The quantitative estimate of drug-likeness (QED) is 0.0745. The largest absolute Gasteiger partial charge is 0.463 e. The SMILES string of the molecule is CC(CP1(=O)Oc2ccccc2-c2ccccc21)C(=O)OCCOCCOCCOC(=O)C(C)CP1(=O)Oc2ccccc2-c2ccccc21. The van der Waals surface area contributed by atoms with E-state index in [1.54, 1.807) is 38.1 Å². The molecular weight excluding hydrogens is 678 g/mol. The highest BCUT2D eigenvalue weighted by atomic mass is 31.2. The fourth-order valence-corrected chi connectivity index (χ4v) is 11.3. The van der Waals surface area contributed by atoms with Crippen LogP contribution in [-0.4, -0.2) is 63.9 Å². The van der Waals surface area contributed by atoms with Crippen molar-refractivity contribution in [3.05, 3.63) is 97.1 Å². The summed E-state index contributed by atoms with van der Waals surface area (Å²) in [4.78, 5) is 25.4. The van der Waals surface area contributed by atoms with Crippen molar-refractivity contribution >= 4 is 37.3 Å². The van der Waals surface area contributed by atoms with Gasteiger partial charge in [-0.15, -0.1) is 0 Å². The molecule has 0 N–H and O–H groups in total. The molecule has 0 saturated carbocycles. The van der Waals surface area contributed by atoms with Gasteiger partial charge in [0.2, 0.25) is 0 Å². The number of para-hydroxylation sites is 2. The van der Waals surface area contributed by atoms with E-state index in [0.29, 0.717) is 22.1 Å². The van der Waals surface area contributed by atoms with Crippen molar-refractivity contribution in [1.82, 2.24) is 0 Å². The smallest absolute Gasteiger partial charge is 0.309 e. The van der Waals surface area contributed by atoms with Crippen LogP contribution in [0.3, 0.4) is 0 Å². The molecule has 0 aliphatic carbocycles. The van der Waals surface area contributed by atoms with Gasteiger partial charge in [-0.25, -0.2) is 0 Å². The highest BCUT2D eigenvalue weighted by Gasteiger charge is 2.40. The summed E-state index contributed by atoms with van der Waals surface area (Å²) >= 11 is 0. The monoisotopic (exact) mass is 718 g/mol. The molecule has 0 saturated heterocycles. The third-order valence-corrected chi connectivity index (χ3v) is 13.8. The van der Waals surface area contributed by atoms with Crippen LogP contribution in [0, 0.1) is 11.8 Å². The van der Waals surface area contributed by atoms with Gasteiger partial charge in [0.25, 0.3) is 14.7 Å². The highest BCUT2D eigenvalue weighted by Crippen LogP contribution is 2.56. The maximum Gasteiger partial charge on any atom is 0.309 e. The highest BCUT2D eigenvalue weighted by molar-refractivity contribution is 7.68. The molecule has 0 amide bonds. The summed E-state index contributed by atoms with van der Waals surface area (Å²) in [6.07, 6.45) is 0.0373. The summed E-state index contributed by atoms with van der Waals surface area (Å²) in [7, 11) is -6.71. The summed E-state index contributed by atoms with van der Waals surface area (Å²) < 4.78 is 61.7. The van der Waals surface area contributed by atoms with E-state index in [9.17, 15) is 18.7 Å². The summed E-state index contributed by atoms with van der Waals surface area (Å²) in [6.45, 7) is 4.25. The predicted octanol–water partition coefficient (Wildman–Crippen LogP) is 6.70. The van der Waals surface area contributed by atoms with Crippen LogP contribution >= 0.6 is 14.7 Å². The molecule has 12 heteroatoms. The van der Waals surface area contributed by atoms with Crippen LogP contribution in [0.15, 0.2) is 97.1 Å². The molecule has 10 nitrogen and oxygen atoms in total. The molecular formula is C38H40O10P2. The first-order valence-electron chi connectivity index (χ1n) is 16.6. The predicted molar refractivity (Wildman–Crippen MR) is 191 cm³/mol. The standard InChI is InChI=1S/C38H40O10P2/c1-27(25-49(41)35-17-9-5-13-31(35)29-11-3-7-15-33(29)47-49)37(39)45-23-21-43-19-20-44-22-24-46-38(40)28(2)26-50(42)36-18-10-6-14-32(36)30-12-4-8-16-34(30)48-50/h3-18,27-28H,19-26H2,1-2H3. The van der Waals surface area contributed by atoms with Crippen molar-refractivity contribution in [2.75, 3.05) is 52.0 Å². The Bertz CT molecular complexity index is 1800. The molecule has 6 rings (SSSR count). The Balaban J connectivity index is 0.853. The maximum absolute atomic E-state index is 14.0. The maximum atomic E-state index is 14.0. The van der Waals surface area contributed by atoms with Crippen LogP contribution in [0.1, 0.15) is 13.8 Å². The van der Waals surface area contributed by atoms with Gasteiger partial charge < -0.3 is 28.0 Å². The Hall–Kier alpha value is -4.20. The zero-order valence-electron chi connectivity index (χ0n) is 28.0.